The van der Waals surface area contributed by atoms with Gasteiger partial charge in [0.25, 0.3) is 0 Å². The first-order chi connectivity index (χ1) is 7.09. The number of nitrogens with one attached hydrogen (secondary N) is 1. The average Bonchev–Trinajstić information content (AvgIpc) is 2.60. The molecule has 2 rings (SSSR count). The molecule has 1 aromatic heterocycles. The first kappa shape index (κ1) is 10.6. The molecule has 15 heavy (non-hydrogen) atoms. The first-order valence-electron chi connectivity index (χ1n) is 5.48. The second kappa shape index (κ2) is 3.94. The van der Waals surface area contributed by atoms with Crippen molar-refractivity contribution in [2.75, 3.05) is 13.1 Å². The molecule has 1 aliphatic rings. The molecule has 1 aliphatic heterocycles. The minimum Gasteiger partial charge on any atom is -0.366 e. The Balaban J connectivity index is 1.88. The predicted molar refractivity (Wildman–Crippen MR) is 58.7 cm³/mol. The number of ether oxygens (including phenoxy) is 1. The molecule has 0 aromatic carbocycles. The quantitative estimate of drug-likeness (QED) is 0.813. The standard InChI is InChI=1S/C11H19N3O/c1-9(2)14-5-4-10(13-14)6-15-11(3)7-12-8-11/h4-5,9,12H,6-8H2,1-3H3. The molecule has 1 fully saturated rings. The van der Waals surface area contributed by atoms with Crippen LogP contribution in [-0.4, -0.2) is 28.5 Å². The van der Waals surface area contributed by atoms with Gasteiger partial charge in [-0.15, -0.1) is 0 Å². The van der Waals surface area contributed by atoms with E-state index in [4.69, 9.17) is 4.74 Å². The maximum Gasteiger partial charge on any atom is 0.0915 e. The van der Waals surface area contributed by atoms with Gasteiger partial charge in [0.1, 0.15) is 0 Å². The summed E-state index contributed by atoms with van der Waals surface area (Å²) in [6, 6.07) is 2.44. The fraction of sp³-hybridized carbons (Fsp3) is 0.727. The van der Waals surface area contributed by atoms with Crippen molar-refractivity contribution in [2.24, 2.45) is 0 Å². The molecule has 1 saturated heterocycles. The predicted octanol–water partition coefficient (Wildman–Crippen LogP) is 1.34. The summed E-state index contributed by atoms with van der Waals surface area (Å²) < 4.78 is 7.76. The van der Waals surface area contributed by atoms with Gasteiger partial charge in [-0.2, -0.15) is 5.10 Å². The van der Waals surface area contributed by atoms with Gasteiger partial charge < -0.3 is 10.1 Å². The lowest BCUT2D eigenvalue weighted by Crippen LogP contribution is -2.58. The number of rotatable bonds is 4. The summed E-state index contributed by atoms with van der Waals surface area (Å²) in [6.45, 7) is 8.86. The zero-order chi connectivity index (χ0) is 10.9. The second-order valence-corrected chi connectivity index (χ2v) is 4.72. The topological polar surface area (TPSA) is 39.1 Å². The van der Waals surface area contributed by atoms with E-state index in [-0.39, 0.29) is 5.60 Å². The van der Waals surface area contributed by atoms with Crippen LogP contribution in [0, 0.1) is 0 Å². The zero-order valence-electron chi connectivity index (χ0n) is 9.66. The van der Waals surface area contributed by atoms with E-state index in [0.29, 0.717) is 12.6 Å². The molecule has 1 N–H and O–H groups in total. The number of hydrogen-bond donors (Lipinski definition) is 1. The first-order valence-corrected chi connectivity index (χ1v) is 5.48. The highest BCUT2D eigenvalue weighted by Gasteiger charge is 2.32. The molecule has 0 saturated carbocycles. The van der Waals surface area contributed by atoms with Gasteiger partial charge in [0.15, 0.2) is 0 Å². The van der Waals surface area contributed by atoms with E-state index in [9.17, 15) is 0 Å². The highest BCUT2D eigenvalue weighted by Crippen LogP contribution is 2.17. The summed E-state index contributed by atoms with van der Waals surface area (Å²) in [5.74, 6) is 0. The Morgan fingerprint density at radius 1 is 1.60 bits per heavy atom. The third-order valence-electron chi connectivity index (χ3n) is 2.76. The van der Waals surface area contributed by atoms with Crippen LogP contribution in [0.3, 0.4) is 0 Å². The summed E-state index contributed by atoms with van der Waals surface area (Å²) in [4.78, 5) is 0. The minimum absolute atomic E-state index is 0.0155. The van der Waals surface area contributed by atoms with Gasteiger partial charge in [0.05, 0.1) is 17.9 Å². The lowest BCUT2D eigenvalue weighted by atomic mass is 10.0. The normalized spacial score (nSPS) is 19.2. The largest absolute Gasteiger partial charge is 0.366 e. The van der Waals surface area contributed by atoms with E-state index in [1.54, 1.807) is 0 Å². The molecule has 0 unspecified atom stereocenters. The molecular formula is C11H19N3O. The maximum atomic E-state index is 5.81. The van der Waals surface area contributed by atoms with Crippen molar-refractivity contribution in [1.29, 1.82) is 0 Å². The van der Waals surface area contributed by atoms with Gasteiger partial charge in [-0.25, -0.2) is 0 Å². The molecule has 0 bridgehead atoms. The van der Waals surface area contributed by atoms with E-state index < -0.39 is 0 Å². The zero-order valence-corrected chi connectivity index (χ0v) is 9.66. The van der Waals surface area contributed by atoms with Crippen LogP contribution in [0.4, 0.5) is 0 Å². The monoisotopic (exact) mass is 209 g/mol. The lowest BCUT2D eigenvalue weighted by Gasteiger charge is -2.38. The van der Waals surface area contributed by atoms with Crippen molar-refractivity contribution in [1.82, 2.24) is 15.1 Å². The lowest BCUT2D eigenvalue weighted by molar-refractivity contribution is -0.0779. The fourth-order valence-corrected chi connectivity index (χ4v) is 1.57. The summed E-state index contributed by atoms with van der Waals surface area (Å²) in [5, 5.41) is 7.65. The van der Waals surface area contributed by atoms with Crippen molar-refractivity contribution in [3.63, 3.8) is 0 Å². The summed E-state index contributed by atoms with van der Waals surface area (Å²) in [7, 11) is 0. The summed E-state index contributed by atoms with van der Waals surface area (Å²) >= 11 is 0. The van der Waals surface area contributed by atoms with Crippen molar-refractivity contribution in [2.45, 2.75) is 39.0 Å². The van der Waals surface area contributed by atoms with E-state index in [1.165, 1.54) is 0 Å². The minimum atomic E-state index is 0.0155. The van der Waals surface area contributed by atoms with Crippen LogP contribution in [-0.2, 0) is 11.3 Å². The Morgan fingerprint density at radius 2 is 2.33 bits per heavy atom. The van der Waals surface area contributed by atoms with Gasteiger partial charge >= 0.3 is 0 Å². The van der Waals surface area contributed by atoms with Crippen LogP contribution in [0.5, 0.6) is 0 Å². The Bertz CT molecular complexity index is 328. The molecule has 0 spiro atoms. The van der Waals surface area contributed by atoms with Crippen LogP contribution in [0.15, 0.2) is 12.3 Å². The fourth-order valence-electron chi connectivity index (χ4n) is 1.57. The molecular weight excluding hydrogens is 190 g/mol. The molecule has 0 atom stereocenters. The molecule has 0 radical (unpaired) electrons. The summed E-state index contributed by atoms with van der Waals surface area (Å²) in [6.07, 6.45) is 2.00. The van der Waals surface area contributed by atoms with Crippen molar-refractivity contribution in [3.05, 3.63) is 18.0 Å². The maximum absolute atomic E-state index is 5.81. The molecule has 4 nitrogen and oxygen atoms in total. The Hall–Kier alpha value is -0.870. The van der Waals surface area contributed by atoms with Crippen LogP contribution in [0.2, 0.25) is 0 Å². The number of hydrogen-bond acceptors (Lipinski definition) is 3. The second-order valence-electron chi connectivity index (χ2n) is 4.72. The van der Waals surface area contributed by atoms with Gasteiger partial charge in [-0.05, 0) is 26.8 Å². The highest BCUT2D eigenvalue weighted by molar-refractivity contribution is 4.99. The molecule has 84 valence electrons. The Morgan fingerprint density at radius 3 is 2.80 bits per heavy atom. The van der Waals surface area contributed by atoms with Gasteiger partial charge in [0.2, 0.25) is 0 Å². The van der Waals surface area contributed by atoms with Gasteiger partial charge in [0, 0.05) is 25.3 Å². The Kier molecular flexibility index (Phi) is 2.80. The van der Waals surface area contributed by atoms with Crippen LogP contribution < -0.4 is 5.32 Å². The highest BCUT2D eigenvalue weighted by atomic mass is 16.5. The summed E-state index contributed by atoms with van der Waals surface area (Å²) in [5.41, 5.74) is 1.03. The number of aromatic nitrogens is 2. The van der Waals surface area contributed by atoms with E-state index in [2.05, 4.69) is 31.2 Å². The smallest absolute Gasteiger partial charge is 0.0915 e. The van der Waals surface area contributed by atoms with E-state index in [0.717, 1.165) is 18.8 Å². The van der Waals surface area contributed by atoms with Crippen molar-refractivity contribution < 1.29 is 4.74 Å². The third-order valence-corrected chi connectivity index (χ3v) is 2.76. The van der Waals surface area contributed by atoms with E-state index >= 15 is 0 Å². The van der Waals surface area contributed by atoms with Crippen LogP contribution in [0.25, 0.3) is 0 Å². The average molecular weight is 209 g/mol. The van der Waals surface area contributed by atoms with Gasteiger partial charge in [-0.1, -0.05) is 0 Å². The molecule has 0 amide bonds. The van der Waals surface area contributed by atoms with Gasteiger partial charge in [-0.3, -0.25) is 4.68 Å². The molecule has 1 aromatic rings. The van der Waals surface area contributed by atoms with Crippen LogP contribution >= 0.6 is 0 Å². The third kappa shape index (κ3) is 2.38. The SMILES string of the molecule is CC(C)n1ccc(COC2(C)CNC2)n1. The van der Waals surface area contributed by atoms with Crippen molar-refractivity contribution >= 4 is 0 Å². The number of nitrogens with zero attached hydrogens (tertiary/aromatic N) is 2. The Labute approximate surface area is 90.6 Å². The van der Waals surface area contributed by atoms with Crippen molar-refractivity contribution in [3.8, 4) is 0 Å². The van der Waals surface area contributed by atoms with Crippen LogP contribution in [0.1, 0.15) is 32.5 Å². The molecule has 0 aliphatic carbocycles. The van der Waals surface area contributed by atoms with E-state index in [1.807, 2.05) is 16.9 Å². The molecule has 4 heteroatoms. The molecule has 2 heterocycles.